The number of piperazine rings is 1. The molecule has 1 saturated carbocycles. The van der Waals surface area contributed by atoms with Crippen LogP contribution < -0.4 is 5.32 Å². The molecule has 5 heteroatoms. The number of carbonyl (C=O) groups is 2. The second-order valence-electron chi connectivity index (χ2n) is 10.2. The first-order chi connectivity index (χ1) is 16.7. The Morgan fingerprint density at radius 3 is 2.32 bits per heavy atom. The molecule has 0 bridgehead atoms. The van der Waals surface area contributed by atoms with Crippen LogP contribution in [0.5, 0.6) is 0 Å². The van der Waals surface area contributed by atoms with E-state index >= 15 is 0 Å². The van der Waals surface area contributed by atoms with Crippen LogP contribution in [0.4, 0.5) is 0 Å². The van der Waals surface area contributed by atoms with Crippen LogP contribution >= 0.6 is 0 Å². The number of fused-ring (bicyclic) bond motifs is 1. The van der Waals surface area contributed by atoms with Crippen LogP contribution in [0.25, 0.3) is 0 Å². The second kappa shape index (κ2) is 10.7. The Morgan fingerprint density at radius 1 is 0.853 bits per heavy atom. The van der Waals surface area contributed by atoms with Crippen LogP contribution in [0, 0.1) is 5.92 Å². The maximum absolute atomic E-state index is 13.7. The van der Waals surface area contributed by atoms with E-state index in [9.17, 15) is 9.59 Å². The zero-order chi connectivity index (χ0) is 23.3. The van der Waals surface area contributed by atoms with Gasteiger partial charge in [0.1, 0.15) is 0 Å². The first-order valence-electron chi connectivity index (χ1n) is 13.1. The summed E-state index contributed by atoms with van der Waals surface area (Å²) in [6.45, 7) is 2.95. The predicted molar refractivity (Wildman–Crippen MR) is 134 cm³/mol. The largest absolute Gasteiger partial charge is 0.348 e. The zero-order valence-corrected chi connectivity index (χ0v) is 20.1. The maximum Gasteiger partial charge on any atom is 0.238 e. The fourth-order valence-electron chi connectivity index (χ4n) is 6.24. The molecule has 2 amide bonds. The SMILES string of the molecule is O=C(NC1CCCc2ccccc21)C(C1CCCC1)N1CCN(C(=O)Cc2ccccc2)CC1. The summed E-state index contributed by atoms with van der Waals surface area (Å²) in [5, 5.41) is 3.45. The lowest BCUT2D eigenvalue weighted by molar-refractivity contribution is -0.135. The molecule has 3 aliphatic rings. The van der Waals surface area contributed by atoms with Gasteiger partial charge in [0.05, 0.1) is 18.5 Å². The third-order valence-corrected chi connectivity index (χ3v) is 8.06. The van der Waals surface area contributed by atoms with Gasteiger partial charge in [-0.1, -0.05) is 67.4 Å². The van der Waals surface area contributed by atoms with Crippen molar-refractivity contribution in [3.63, 3.8) is 0 Å². The van der Waals surface area contributed by atoms with Crippen LogP contribution in [0.15, 0.2) is 54.6 Å². The highest BCUT2D eigenvalue weighted by Gasteiger charge is 2.38. The van der Waals surface area contributed by atoms with E-state index in [-0.39, 0.29) is 23.9 Å². The van der Waals surface area contributed by atoms with Gasteiger partial charge in [0.15, 0.2) is 0 Å². The van der Waals surface area contributed by atoms with Crippen LogP contribution in [0.1, 0.15) is 61.3 Å². The minimum Gasteiger partial charge on any atom is -0.348 e. The van der Waals surface area contributed by atoms with Gasteiger partial charge in [0.2, 0.25) is 11.8 Å². The summed E-state index contributed by atoms with van der Waals surface area (Å²) in [6.07, 6.45) is 8.40. The van der Waals surface area contributed by atoms with E-state index in [0.717, 1.165) is 50.8 Å². The predicted octanol–water partition coefficient (Wildman–Crippen LogP) is 4.13. The highest BCUT2D eigenvalue weighted by atomic mass is 16.2. The van der Waals surface area contributed by atoms with Gasteiger partial charge >= 0.3 is 0 Å². The molecule has 2 aliphatic carbocycles. The summed E-state index contributed by atoms with van der Waals surface area (Å²) in [5.41, 5.74) is 3.73. The van der Waals surface area contributed by atoms with E-state index in [1.165, 1.54) is 24.0 Å². The van der Waals surface area contributed by atoms with Gasteiger partial charge in [-0.3, -0.25) is 14.5 Å². The number of aryl methyl sites for hydroxylation is 1. The number of rotatable bonds is 6. The Balaban J connectivity index is 1.23. The normalized spacial score (nSPS) is 22.2. The molecule has 0 radical (unpaired) electrons. The number of amides is 2. The molecule has 1 aliphatic heterocycles. The summed E-state index contributed by atoms with van der Waals surface area (Å²) in [7, 11) is 0. The van der Waals surface area contributed by atoms with Crippen molar-refractivity contribution in [2.24, 2.45) is 5.92 Å². The first kappa shape index (κ1) is 23.1. The molecule has 2 fully saturated rings. The Hall–Kier alpha value is -2.66. The van der Waals surface area contributed by atoms with E-state index in [4.69, 9.17) is 0 Å². The van der Waals surface area contributed by atoms with Crippen molar-refractivity contribution in [1.82, 2.24) is 15.1 Å². The number of nitrogens with one attached hydrogen (secondary N) is 1. The molecule has 1 heterocycles. The third kappa shape index (κ3) is 5.20. The Kier molecular flexibility index (Phi) is 7.29. The lowest BCUT2D eigenvalue weighted by atomic mass is 9.87. The van der Waals surface area contributed by atoms with Gasteiger partial charge in [-0.05, 0) is 54.7 Å². The van der Waals surface area contributed by atoms with Gasteiger partial charge < -0.3 is 10.2 Å². The molecule has 2 atom stereocenters. The van der Waals surface area contributed by atoms with Crippen LogP contribution in [0.3, 0.4) is 0 Å². The number of hydrogen-bond donors (Lipinski definition) is 1. The van der Waals surface area contributed by atoms with Crippen molar-refractivity contribution in [2.45, 2.75) is 63.5 Å². The molecule has 5 rings (SSSR count). The lowest BCUT2D eigenvalue weighted by Crippen LogP contribution is -2.58. The van der Waals surface area contributed by atoms with E-state index in [2.05, 4.69) is 34.5 Å². The van der Waals surface area contributed by atoms with Crippen LogP contribution in [0.2, 0.25) is 0 Å². The average molecular weight is 460 g/mol. The number of carbonyl (C=O) groups excluding carboxylic acids is 2. The lowest BCUT2D eigenvalue weighted by Gasteiger charge is -2.41. The van der Waals surface area contributed by atoms with Crippen molar-refractivity contribution in [3.8, 4) is 0 Å². The monoisotopic (exact) mass is 459 g/mol. The van der Waals surface area contributed by atoms with Crippen LogP contribution in [-0.2, 0) is 22.4 Å². The van der Waals surface area contributed by atoms with Crippen molar-refractivity contribution in [1.29, 1.82) is 0 Å². The van der Waals surface area contributed by atoms with Crippen LogP contribution in [-0.4, -0.2) is 53.8 Å². The molecule has 2 unspecified atom stereocenters. The van der Waals surface area contributed by atoms with Gasteiger partial charge in [0, 0.05) is 26.2 Å². The smallest absolute Gasteiger partial charge is 0.238 e. The zero-order valence-electron chi connectivity index (χ0n) is 20.1. The average Bonchev–Trinajstić information content (AvgIpc) is 3.40. The molecular weight excluding hydrogens is 422 g/mol. The van der Waals surface area contributed by atoms with Crippen molar-refractivity contribution < 1.29 is 9.59 Å². The highest BCUT2D eigenvalue weighted by molar-refractivity contribution is 5.83. The van der Waals surface area contributed by atoms with E-state index in [1.54, 1.807) is 0 Å². The number of nitrogens with zero attached hydrogens (tertiary/aromatic N) is 2. The molecule has 180 valence electrons. The van der Waals surface area contributed by atoms with Gasteiger partial charge in [-0.15, -0.1) is 0 Å². The van der Waals surface area contributed by atoms with Crippen molar-refractivity contribution in [3.05, 3.63) is 71.3 Å². The highest BCUT2D eigenvalue weighted by Crippen LogP contribution is 2.33. The molecule has 34 heavy (non-hydrogen) atoms. The number of hydrogen-bond acceptors (Lipinski definition) is 3. The summed E-state index contributed by atoms with van der Waals surface area (Å²) >= 11 is 0. The van der Waals surface area contributed by atoms with E-state index in [1.807, 2.05) is 35.2 Å². The fraction of sp³-hybridized carbons (Fsp3) is 0.517. The molecule has 2 aromatic carbocycles. The topological polar surface area (TPSA) is 52.7 Å². The third-order valence-electron chi connectivity index (χ3n) is 8.06. The van der Waals surface area contributed by atoms with E-state index < -0.39 is 0 Å². The summed E-state index contributed by atoms with van der Waals surface area (Å²) in [5.74, 6) is 0.801. The van der Waals surface area contributed by atoms with Gasteiger partial charge in [-0.25, -0.2) is 0 Å². The number of benzene rings is 2. The van der Waals surface area contributed by atoms with E-state index in [0.29, 0.717) is 25.4 Å². The Morgan fingerprint density at radius 2 is 1.56 bits per heavy atom. The second-order valence-corrected chi connectivity index (χ2v) is 10.2. The van der Waals surface area contributed by atoms with Gasteiger partial charge in [-0.2, -0.15) is 0 Å². The fourth-order valence-corrected chi connectivity index (χ4v) is 6.24. The molecule has 0 spiro atoms. The molecule has 5 nitrogen and oxygen atoms in total. The minimum atomic E-state index is -0.0806. The Labute approximate surface area is 203 Å². The van der Waals surface area contributed by atoms with Crippen molar-refractivity contribution in [2.75, 3.05) is 26.2 Å². The quantitative estimate of drug-likeness (QED) is 0.707. The molecule has 1 N–H and O–H groups in total. The van der Waals surface area contributed by atoms with Gasteiger partial charge in [0.25, 0.3) is 0 Å². The maximum atomic E-state index is 13.7. The minimum absolute atomic E-state index is 0.0806. The standard InChI is InChI=1S/C29H37N3O2/c33-27(21-22-9-2-1-3-10-22)31-17-19-32(20-18-31)28(24-12-4-5-13-24)29(34)30-26-16-8-14-23-11-6-7-15-25(23)26/h1-3,6-7,9-11,15,24,26,28H,4-5,8,12-14,16-21H2,(H,30,34). The molecule has 1 saturated heterocycles. The Bertz CT molecular complexity index is 978. The summed E-state index contributed by atoms with van der Waals surface area (Å²) in [6, 6.07) is 18.6. The summed E-state index contributed by atoms with van der Waals surface area (Å²) < 4.78 is 0. The first-order valence-corrected chi connectivity index (χ1v) is 13.1. The summed E-state index contributed by atoms with van der Waals surface area (Å²) in [4.78, 5) is 30.9. The molecular formula is C29H37N3O2. The molecule has 2 aromatic rings. The molecule has 0 aromatic heterocycles. The van der Waals surface area contributed by atoms with Crippen molar-refractivity contribution >= 4 is 11.8 Å².